The van der Waals surface area contributed by atoms with Gasteiger partial charge >= 0.3 is 17.8 Å². The van der Waals surface area contributed by atoms with Gasteiger partial charge in [-0.1, -0.05) is 30.3 Å². The van der Waals surface area contributed by atoms with Gasteiger partial charge in [0.1, 0.15) is 0 Å². The Morgan fingerprint density at radius 1 is 1.10 bits per heavy atom. The van der Waals surface area contributed by atoms with Crippen LogP contribution in [0, 0.1) is 10.1 Å². The maximum absolute atomic E-state index is 12.5. The number of piperidine rings is 1. The summed E-state index contributed by atoms with van der Waals surface area (Å²) in [6.45, 7) is 1.36. The normalized spacial score (nSPS) is 16.8. The number of likely N-dealkylation sites (tertiary alicyclic amines) is 1. The zero-order valence-corrected chi connectivity index (χ0v) is 15.6. The minimum atomic E-state index is -0.619. The number of carbonyl (C=O) groups excluding carboxylic acids is 2. The summed E-state index contributed by atoms with van der Waals surface area (Å²) in [6, 6.07) is 13.4. The lowest BCUT2D eigenvalue weighted by molar-refractivity contribution is -0.385. The molecule has 0 aliphatic carbocycles. The Balaban J connectivity index is 1.37. The van der Waals surface area contributed by atoms with E-state index in [2.05, 4.69) is 5.32 Å². The SMILES string of the molecule is O=C(Oc1ccccc1[N+](=O)[O-])N1CCC(N2Cc3ccccc3NC2=O)CC1. The molecule has 4 rings (SSSR count). The Morgan fingerprint density at radius 2 is 1.79 bits per heavy atom. The van der Waals surface area contributed by atoms with Crippen molar-refractivity contribution < 1.29 is 19.2 Å². The summed E-state index contributed by atoms with van der Waals surface area (Å²) < 4.78 is 5.25. The summed E-state index contributed by atoms with van der Waals surface area (Å²) in [5, 5.41) is 14.0. The molecule has 0 bridgehead atoms. The number of nitrogens with zero attached hydrogens (tertiary/aromatic N) is 3. The van der Waals surface area contributed by atoms with Crippen LogP contribution in [0.25, 0.3) is 0 Å². The Bertz CT molecular complexity index is 955. The molecule has 3 amide bonds. The van der Waals surface area contributed by atoms with Gasteiger partial charge < -0.3 is 19.9 Å². The van der Waals surface area contributed by atoms with Crippen LogP contribution in [-0.4, -0.2) is 46.0 Å². The van der Waals surface area contributed by atoms with Crippen LogP contribution < -0.4 is 10.1 Å². The van der Waals surface area contributed by atoms with Crippen molar-refractivity contribution in [3.8, 4) is 5.75 Å². The van der Waals surface area contributed by atoms with Crippen molar-refractivity contribution in [1.82, 2.24) is 9.80 Å². The van der Waals surface area contributed by atoms with E-state index in [1.807, 2.05) is 24.3 Å². The fourth-order valence-corrected chi connectivity index (χ4v) is 3.73. The summed E-state index contributed by atoms with van der Waals surface area (Å²) >= 11 is 0. The van der Waals surface area contributed by atoms with Gasteiger partial charge in [0, 0.05) is 37.4 Å². The van der Waals surface area contributed by atoms with Crippen molar-refractivity contribution in [1.29, 1.82) is 0 Å². The van der Waals surface area contributed by atoms with E-state index in [1.165, 1.54) is 23.1 Å². The van der Waals surface area contributed by atoms with Crippen LogP contribution in [0.15, 0.2) is 48.5 Å². The molecule has 1 N–H and O–H groups in total. The van der Waals surface area contributed by atoms with E-state index in [0.717, 1.165) is 11.3 Å². The molecular weight excluding hydrogens is 376 g/mol. The molecule has 2 aromatic rings. The fourth-order valence-electron chi connectivity index (χ4n) is 3.73. The Kier molecular flexibility index (Phi) is 5.03. The number of urea groups is 1. The third-order valence-electron chi connectivity index (χ3n) is 5.28. The highest BCUT2D eigenvalue weighted by atomic mass is 16.6. The van der Waals surface area contributed by atoms with Crippen molar-refractivity contribution in [3.63, 3.8) is 0 Å². The van der Waals surface area contributed by atoms with Crippen LogP contribution in [0.4, 0.5) is 21.0 Å². The number of hydrogen-bond acceptors (Lipinski definition) is 5. The monoisotopic (exact) mass is 396 g/mol. The van der Waals surface area contributed by atoms with E-state index in [-0.39, 0.29) is 23.5 Å². The zero-order valence-electron chi connectivity index (χ0n) is 15.6. The molecule has 2 aliphatic heterocycles. The van der Waals surface area contributed by atoms with Crippen molar-refractivity contribution in [2.75, 3.05) is 18.4 Å². The number of hydrogen-bond donors (Lipinski definition) is 1. The number of para-hydroxylation sites is 3. The van der Waals surface area contributed by atoms with Crippen LogP contribution in [0.3, 0.4) is 0 Å². The van der Waals surface area contributed by atoms with Gasteiger partial charge in [-0.05, 0) is 30.5 Å². The molecule has 150 valence electrons. The maximum atomic E-state index is 12.5. The molecule has 0 atom stereocenters. The number of rotatable bonds is 3. The largest absolute Gasteiger partial charge is 0.415 e. The molecule has 29 heavy (non-hydrogen) atoms. The predicted molar refractivity (Wildman–Crippen MR) is 105 cm³/mol. The number of nitro benzene ring substituents is 1. The molecule has 9 heteroatoms. The first kappa shape index (κ1) is 18.7. The van der Waals surface area contributed by atoms with Gasteiger partial charge in [-0.3, -0.25) is 10.1 Å². The summed E-state index contributed by atoms with van der Waals surface area (Å²) in [7, 11) is 0. The Hall–Kier alpha value is -3.62. The van der Waals surface area contributed by atoms with Crippen LogP contribution in [0.2, 0.25) is 0 Å². The van der Waals surface area contributed by atoms with Gasteiger partial charge in [0.25, 0.3) is 0 Å². The van der Waals surface area contributed by atoms with Crippen LogP contribution in [0.1, 0.15) is 18.4 Å². The smallest absolute Gasteiger partial charge is 0.403 e. The molecule has 2 aromatic carbocycles. The van der Waals surface area contributed by atoms with E-state index in [4.69, 9.17) is 4.74 Å². The average Bonchev–Trinajstić information content (AvgIpc) is 2.73. The minimum Gasteiger partial charge on any atom is -0.403 e. The summed E-state index contributed by atoms with van der Waals surface area (Å²) in [6.07, 6.45) is 0.606. The number of benzene rings is 2. The van der Waals surface area contributed by atoms with E-state index in [0.29, 0.717) is 32.5 Å². The zero-order chi connectivity index (χ0) is 20.4. The molecule has 0 saturated carbocycles. The van der Waals surface area contributed by atoms with E-state index < -0.39 is 11.0 Å². The van der Waals surface area contributed by atoms with Crippen LogP contribution in [0.5, 0.6) is 5.75 Å². The number of nitro groups is 1. The highest BCUT2D eigenvalue weighted by molar-refractivity contribution is 5.92. The number of ether oxygens (including phenoxy) is 1. The predicted octanol–water partition coefficient (Wildman–Crippen LogP) is 3.61. The number of fused-ring (bicyclic) bond motifs is 1. The van der Waals surface area contributed by atoms with Crippen molar-refractivity contribution in [2.24, 2.45) is 0 Å². The summed E-state index contributed by atoms with van der Waals surface area (Å²) in [5.74, 6) is -0.0726. The van der Waals surface area contributed by atoms with Gasteiger partial charge in [0.05, 0.1) is 4.92 Å². The lowest BCUT2D eigenvalue weighted by Gasteiger charge is -2.40. The Morgan fingerprint density at radius 3 is 2.55 bits per heavy atom. The average molecular weight is 396 g/mol. The fraction of sp³-hybridized carbons (Fsp3) is 0.300. The van der Waals surface area contributed by atoms with Crippen LogP contribution >= 0.6 is 0 Å². The Labute approximate surface area is 167 Å². The molecule has 2 heterocycles. The second-order valence-electron chi connectivity index (χ2n) is 7.03. The second-order valence-corrected chi connectivity index (χ2v) is 7.03. The van der Waals surface area contributed by atoms with Gasteiger partial charge in [-0.25, -0.2) is 9.59 Å². The molecule has 0 spiro atoms. The molecule has 1 fully saturated rings. The van der Waals surface area contributed by atoms with Crippen molar-refractivity contribution >= 4 is 23.5 Å². The second kappa shape index (κ2) is 7.78. The quantitative estimate of drug-likeness (QED) is 0.630. The first-order chi connectivity index (χ1) is 14.0. The number of amides is 3. The van der Waals surface area contributed by atoms with E-state index in [9.17, 15) is 19.7 Å². The third-order valence-corrected chi connectivity index (χ3v) is 5.28. The molecule has 0 radical (unpaired) electrons. The van der Waals surface area contributed by atoms with Gasteiger partial charge in [0.15, 0.2) is 0 Å². The minimum absolute atomic E-state index is 0.0125. The third kappa shape index (κ3) is 3.84. The van der Waals surface area contributed by atoms with E-state index >= 15 is 0 Å². The lowest BCUT2D eigenvalue weighted by Crippen LogP contribution is -2.51. The number of nitrogens with one attached hydrogen (secondary N) is 1. The molecule has 0 unspecified atom stereocenters. The van der Waals surface area contributed by atoms with Crippen molar-refractivity contribution in [3.05, 3.63) is 64.2 Å². The first-order valence-electron chi connectivity index (χ1n) is 9.38. The van der Waals surface area contributed by atoms with Gasteiger partial charge in [0.2, 0.25) is 5.75 Å². The van der Waals surface area contributed by atoms with Crippen molar-refractivity contribution in [2.45, 2.75) is 25.4 Å². The van der Waals surface area contributed by atoms with E-state index in [1.54, 1.807) is 11.0 Å². The number of carbonyl (C=O) groups is 2. The standard InChI is InChI=1S/C20H20N4O5/c25-19-21-16-6-2-1-5-14(16)13-23(19)15-9-11-22(12-10-15)20(26)29-18-8-4-3-7-17(18)24(27)28/h1-8,15H,9-13H2,(H,21,25). The highest BCUT2D eigenvalue weighted by Gasteiger charge is 2.33. The molecule has 9 nitrogen and oxygen atoms in total. The highest BCUT2D eigenvalue weighted by Crippen LogP contribution is 2.29. The summed E-state index contributed by atoms with van der Waals surface area (Å²) in [5.41, 5.74) is 1.64. The van der Waals surface area contributed by atoms with Gasteiger partial charge in [-0.15, -0.1) is 0 Å². The van der Waals surface area contributed by atoms with Crippen LogP contribution in [-0.2, 0) is 6.54 Å². The molecule has 2 aliphatic rings. The molecular formula is C20H20N4O5. The molecule has 0 aromatic heterocycles. The topological polar surface area (TPSA) is 105 Å². The first-order valence-corrected chi connectivity index (χ1v) is 9.38. The van der Waals surface area contributed by atoms with Gasteiger partial charge in [-0.2, -0.15) is 0 Å². The maximum Gasteiger partial charge on any atom is 0.415 e. The lowest BCUT2D eigenvalue weighted by atomic mass is 10.0. The number of anilines is 1. The molecule has 1 saturated heterocycles. The summed E-state index contributed by atoms with van der Waals surface area (Å²) in [4.78, 5) is 38.7.